The molecule has 1 nitrogen and oxygen atoms in total. The van der Waals surface area contributed by atoms with Crippen LogP contribution in [0.5, 0.6) is 0 Å². The molecule has 0 spiro atoms. The fourth-order valence-electron chi connectivity index (χ4n) is 1.58. The normalized spacial score (nSPS) is 12.0. The van der Waals surface area contributed by atoms with Gasteiger partial charge in [0.1, 0.15) is 8.07 Å². The van der Waals surface area contributed by atoms with Gasteiger partial charge in [-0.15, -0.1) is 11.0 Å². The van der Waals surface area contributed by atoms with E-state index in [0.717, 1.165) is 17.7 Å². The Hall–Kier alpha value is -1.19. The maximum absolute atomic E-state index is 12.9. The van der Waals surface area contributed by atoms with Gasteiger partial charge in [-0.3, -0.25) is 0 Å². The first kappa shape index (κ1) is 15.9. The first-order valence-corrected chi connectivity index (χ1v) is 9.61. The predicted octanol–water partition coefficient (Wildman–Crippen LogP) is 2.74. The molecule has 1 aromatic carbocycles. The van der Waals surface area contributed by atoms with Crippen LogP contribution in [0.3, 0.4) is 0 Å². The molecule has 0 fully saturated rings. The molecule has 104 valence electrons. The molecule has 1 aromatic rings. The lowest BCUT2D eigenvalue weighted by Gasteiger charge is -2.18. The molecule has 19 heavy (non-hydrogen) atoms. The number of hydrogen-bond donors (Lipinski definition) is 1. The molecule has 0 aliphatic rings. The number of halogens is 3. The van der Waals surface area contributed by atoms with Gasteiger partial charge in [-0.05, 0) is 18.1 Å². The maximum atomic E-state index is 12.9. The number of nitrogens with two attached hydrogens (primary N) is 1. The zero-order valence-electron chi connectivity index (χ0n) is 11.7. The summed E-state index contributed by atoms with van der Waals surface area (Å²) in [6, 6.07) is 2.27. The minimum Gasteiger partial charge on any atom is -0.445 e. The van der Waals surface area contributed by atoms with Gasteiger partial charge >= 0.3 is 6.98 Å². The topological polar surface area (TPSA) is 26.0 Å². The summed E-state index contributed by atoms with van der Waals surface area (Å²) in [6.45, 7) is 2.99. The van der Waals surface area contributed by atoms with E-state index >= 15 is 0 Å². The summed E-state index contributed by atoms with van der Waals surface area (Å²) in [5.41, 5.74) is 9.69. The molecule has 0 bridgehead atoms. The summed E-state index contributed by atoms with van der Waals surface area (Å²) in [5.74, 6) is 2.91. The predicted molar refractivity (Wildman–Crippen MR) is 78.0 cm³/mol. The van der Waals surface area contributed by atoms with Gasteiger partial charge in [0.25, 0.3) is 0 Å². The summed E-state index contributed by atoms with van der Waals surface area (Å²) < 4.78 is 38.6. The highest BCUT2D eigenvalue weighted by atomic mass is 28.3. The average molecular weight is 284 g/mol. The van der Waals surface area contributed by atoms with E-state index < -0.39 is 20.5 Å². The highest BCUT2D eigenvalue weighted by Crippen LogP contribution is 2.17. The minimum atomic E-state index is -5.02. The van der Waals surface area contributed by atoms with Crippen molar-refractivity contribution >= 4 is 20.5 Å². The number of benzene rings is 1. The van der Waals surface area contributed by atoms with Crippen molar-refractivity contribution in [1.29, 1.82) is 0 Å². The second-order valence-electron chi connectivity index (χ2n) is 5.63. The van der Waals surface area contributed by atoms with Crippen LogP contribution in [0.4, 0.5) is 12.9 Å². The van der Waals surface area contributed by atoms with E-state index in [9.17, 15) is 12.9 Å². The van der Waals surface area contributed by atoms with Crippen LogP contribution in [0.2, 0.25) is 19.6 Å². The third-order valence-corrected chi connectivity index (χ3v) is 3.58. The highest BCUT2D eigenvalue weighted by Gasteiger charge is 2.26. The summed E-state index contributed by atoms with van der Waals surface area (Å²) in [7, 11) is -1.62. The van der Waals surface area contributed by atoms with Crippen molar-refractivity contribution in [3.05, 3.63) is 28.8 Å². The van der Waals surface area contributed by atoms with Crippen molar-refractivity contribution in [2.24, 2.45) is 5.73 Å². The summed E-state index contributed by atoms with van der Waals surface area (Å²) >= 11 is 0. The second-order valence-corrected chi connectivity index (χ2v) is 10.4. The Bertz CT molecular complexity index is 536. The van der Waals surface area contributed by atoms with Crippen molar-refractivity contribution in [1.82, 2.24) is 0 Å². The van der Waals surface area contributed by atoms with E-state index in [2.05, 4.69) is 31.1 Å². The molecule has 0 radical (unpaired) electrons. The molecule has 0 heterocycles. The first-order chi connectivity index (χ1) is 8.54. The first-order valence-electron chi connectivity index (χ1n) is 6.11. The Morgan fingerprint density at radius 1 is 1.21 bits per heavy atom. The number of hydrogen-bond acceptors (Lipinski definition) is 1. The third-order valence-electron chi connectivity index (χ3n) is 2.71. The van der Waals surface area contributed by atoms with Gasteiger partial charge < -0.3 is 18.7 Å². The quantitative estimate of drug-likeness (QED) is 0.656. The van der Waals surface area contributed by atoms with Crippen molar-refractivity contribution < 1.29 is 12.9 Å². The third kappa shape index (κ3) is 4.44. The van der Waals surface area contributed by atoms with Gasteiger partial charge in [-0.2, -0.15) is 0 Å². The Balaban J connectivity index is 3.41. The number of rotatable bonds is 2. The summed E-state index contributed by atoms with van der Waals surface area (Å²) in [6.07, 6.45) is 0. The van der Waals surface area contributed by atoms with Gasteiger partial charge in [-0.1, -0.05) is 37.7 Å². The van der Waals surface area contributed by atoms with E-state index in [1.165, 1.54) is 0 Å². The van der Waals surface area contributed by atoms with Crippen molar-refractivity contribution in [3.8, 4) is 11.5 Å². The van der Waals surface area contributed by atoms with Crippen LogP contribution >= 0.6 is 0 Å². The van der Waals surface area contributed by atoms with Gasteiger partial charge in [0.15, 0.2) is 0 Å². The van der Waals surface area contributed by atoms with Crippen LogP contribution in [0.25, 0.3) is 0 Å². The molecule has 0 unspecified atom stereocenters. The van der Waals surface area contributed by atoms with Crippen molar-refractivity contribution in [3.63, 3.8) is 0 Å². The standard InChI is InChI=1S/C13H18BF3NSi/c1-10-11(5-6-19(2,3)4)7-13(14(15,16)17)8-12(10)9-18/h7-8H,9,18H2,1-4H3/q-1. The lowest BCUT2D eigenvalue weighted by atomic mass is 9.77. The van der Waals surface area contributed by atoms with E-state index in [4.69, 9.17) is 5.73 Å². The van der Waals surface area contributed by atoms with Gasteiger partial charge in [0, 0.05) is 12.1 Å². The molecule has 0 atom stereocenters. The molecule has 0 saturated heterocycles. The monoisotopic (exact) mass is 284 g/mol. The van der Waals surface area contributed by atoms with Crippen LogP contribution in [-0.4, -0.2) is 15.1 Å². The van der Waals surface area contributed by atoms with Gasteiger partial charge in [0.05, 0.1) is 0 Å². The second kappa shape index (κ2) is 5.43. The maximum Gasteiger partial charge on any atom is 0.509 e. The minimum absolute atomic E-state index is 0.0907. The largest absolute Gasteiger partial charge is 0.509 e. The fraction of sp³-hybridized carbons (Fsp3) is 0.385. The Morgan fingerprint density at radius 3 is 2.21 bits per heavy atom. The zero-order valence-corrected chi connectivity index (χ0v) is 12.7. The molecule has 1 rings (SSSR count). The van der Waals surface area contributed by atoms with Crippen molar-refractivity contribution in [2.75, 3.05) is 0 Å². The van der Waals surface area contributed by atoms with E-state index in [0.29, 0.717) is 11.1 Å². The zero-order chi connectivity index (χ0) is 14.8. The Kier molecular flexibility index (Phi) is 4.54. The fourth-order valence-corrected chi connectivity index (χ4v) is 2.09. The summed E-state index contributed by atoms with van der Waals surface area (Å²) in [4.78, 5) is 0. The van der Waals surface area contributed by atoms with E-state index in [1.54, 1.807) is 6.92 Å². The molecule has 6 heteroatoms. The van der Waals surface area contributed by atoms with Gasteiger partial charge in [-0.25, -0.2) is 0 Å². The smallest absolute Gasteiger partial charge is 0.445 e. The van der Waals surface area contributed by atoms with Crippen LogP contribution in [0.1, 0.15) is 16.7 Å². The van der Waals surface area contributed by atoms with Crippen LogP contribution in [-0.2, 0) is 6.54 Å². The Morgan fingerprint density at radius 2 is 1.79 bits per heavy atom. The molecule has 2 N–H and O–H groups in total. The SMILES string of the molecule is Cc1c(C#C[Si](C)(C)C)cc([B-](F)(F)F)cc1CN. The Labute approximate surface area is 113 Å². The highest BCUT2D eigenvalue weighted by molar-refractivity contribution is 6.83. The molecule has 0 aliphatic carbocycles. The van der Waals surface area contributed by atoms with Gasteiger partial charge in [0.2, 0.25) is 0 Å². The summed E-state index contributed by atoms with van der Waals surface area (Å²) in [5, 5.41) is 0. The molecular weight excluding hydrogens is 266 g/mol. The van der Waals surface area contributed by atoms with Crippen molar-refractivity contribution in [2.45, 2.75) is 33.1 Å². The van der Waals surface area contributed by atoms with Crippen LogP contribution < -0.4 is 11.2 Å². The molecular formula is C13H18BF3NSi-. The van der Waals surface area contributed by atoms with E-state index in [-0.39, 0.29) is 6.54 Å². The van der Waals surface area contributed by atoms with Crippen LogP contribution in [0, 0.1) is 18.4 Å². The molecule has 0 amide bonds. The molecule has 0 saturated carbocycles. The average Bonchev–Trinajstić information content (AvgIpc) is 2.25. The molecule has 0 aromatic heterocycles. The molecule has 0 aliphatic heterocycles. The van der Waals surface area contributed by atoms with E-state index in [1.807, 2.05) is 0 Å². The van der Waals surface area contributed by atoms with Crippen LogP contribution in [0.15, 0.2) is 12.1 Å². The lowest BCUT2D eigenvalue weighted by molar-refractivity contribution is 0.501. The lowest BCUT2D eigenvalue weighted by Crippen LogP contribution is -2.35.